The van der Waals surface area contributed by atoms with Crippen LogP contribution < -0.4 is 20.7 Å². The lowest BCUT2D eigenvalue weighted by atomic mass is 10.5. The van der Waals surface area contributed by atoms with E-state index in [1.807, 2.05) is 0 Å². The number of nitrogens with zero attached hydrogens (tertiary/aromatic N) is 5. The Morgan fingerprint density at radius 3 is 2.14 bits per heavy atom. The molecule has 3 aromatic rings. The van der Waals surface area contributed by atoms with Crippen molar-refractivity contribution in [3.63, 3.8) is 0 Å². The van der Waals surface area contributed by atoms with E-state index in [4.69, 9.17) is 0 Å². The van der Waals surface area contributed by atoms with Crippen molar-refractivity contribution < 1.29 is 19.2 Å². The molecule has 0 saturated heterocycles. The molecular weight excluding hydrogens is 282 g/mol. The topological polar surface area (TPSA) is 155 Å². The monoisotopic (exact) mass is 296 g/mol. The quantitative estimate of drug-likeness (QED) is 0.532. The van der Waals surface area contributed by atoms with Gasteiger partial charge >= 0.3 is 0 Å². The van der Waals surface area contributed by atoms with Gasteiger partial charge in [-0.25, -0.2) is 0 Å². The van der Waals surface area contributed by atoms with Gasteiger partial charge in [0.2, 0.25) is 0 Å². The van der Waals surface area contributed by atoms with Gasteiger partial charge in [-0.15, -0.1) is 0 Å². The molecule has 0 aliphatic rings. The molecule has 3 heterocycles. The van der Waals surface area contributed by atoms with Crippen LogP contribution in [0.5, 0.6) is 11.6 Å². The van der Waals surface area contributed by atoms with E-state index in [0.717, 1.165) is 12.3 Å². The van der Waals surface area contributed by atoms with E-state index in [2.05, 4.69) is 34.7 Å². The zero-order valence-corrected chi connectivity index (χ0v) is 9.24. The average Bonchev–Trinajstić information content (AvgIpc) is 3.09. The largest absolute Gasteiger partial charge is 0.868 e. The first kappa shape index (κ1) is 20.2. The molecule has 0 unspecified atom stereocenters. The Hall–Kier alpha value is -3.17. The van der Waals surface area contributed by atoms with Crippen LogP contribution in [0.4, 0.5) is 0 Å². The Morgan fingerprint density at radius 2 is 1.90 bits per heavy atom. The minimum atomic E-state index is -0.604. The van der Waals surface area contributed by atoms with Gasteiger partial charge < -0.3 is 24.3 Å². The zero-order valence-electron chi connectivity index (χ0n) is 9.24. The standard InChI is InChI=1S/C5H4O3.C3H3NO2.CHN4.2CH4/c6-4-1-2-8-3-5(4)7;5-3-1-2-6-4-3;1-2-4-5-3-1;;/h1-3,7H;1-2H,(H,4,5);1H;2*1H4/q;;-1;;/p-2. The fourth-order valence-corrected chi connectivity index (χ4v) is 0.659. The van der Waals surface area contributed by atoms with Crippen molar-refractivity contribution in [3.05, 3.63) is 47.5 Å². The Morgan fingerprint density at radius 1 is 1.14 bits per heavy atom. The summed E-state index contributed by atoms with van der Waals surface area (Å²) in [5.41, 5.74) is -0.531. The number of aromatic nitrogens is 5. The fourth-order valence-electron chi connectivity index (χ4n) is 0.659. The molecule has 3 aromatic heterocycles. The summed E-state index contributed by atoms with van der Waals surface area (Å²) in [5, 5.41) is 35.8. The van der Waals surface area contributed by atoms with E-state index >= 15 is 0 Å². The van der Waals surface area contributed by atoms with E-state index < -0.39 is 11.2 Å². The summed E-state index contributed by atoms with van der Waals surface area (Å²) in [5.74, 6) is -0.928. The second kappa shape index (κ2) is 11.9. The molecule has 3 rings (SSSR count). The second-order valence-electron chi connectivity index (χ2n) is 2.65. The van der Waals surface area contributed by atoms with Crippen LogP contribution in [0.2, 0.25) is 0 Å². The molecular formula is C11H14N5O5-3. The van der Waals surface area contributed by atoms with E-state index in [9.17, 15) is 15.0 Å². The predicted molar refractivity (Wildman–Crippen MR) is 67.0 cm³/mol. The summed E-state index contributed by atoms with van der Waals surface area (Å²) in [7, 11) is 0. The van der Waals surface area contributed by atoms with Gasteiger partial charge in [-0.05, 0) is 18.1 Å². The van der Waals surface area contributed by atoms with Gasteiger partial charge in [0.05, 0.1) is 12.5 Å². The first-order valence-electron chi connectivity index (χ1n) is 4.62. The van der Waals surface area contributed by atoms with Crippen LogP contribution in [0.15, 0.2) is 51.0 Å². The van der Waals surface area contributed by atoms with Crippen LogP contribution >= 0.6 is 0 Å². The van der Waals surface area contributed by atoms with Crippen molar-refractivity contribution in [2.24, 2.45) is 0 Å². The molecule has 10 heteroatoms. The Bertz CT molecular complexity index is 576. The summed E-state index contributed by atoms with van der Waals surface area (Å²) < 4.78 is 8.53. The molecule has 0 aromatic carbocycles. The van der Waals surface area contributed by atoms with Gasteiger partial charge in [0.15, 0.2) is 5.43 Å². The van der Waals surface area contributed by atoms with E-state index in [1.54, 1.807) is 0 Å². The first-order chi connectivity index (χ1) is 9.20. The Labute approximate surface area is 120 Å². The second-order valence-corrected chi connectivity index (χ2v) is 2.65. The highest BCUT2D eigenvalue weighted by Crippen LogP contribution is 1.92. The summed E-state index contributed by atoms with van der Waals surface area (Å²) in [6.45, 7) is 0. The van der Waals surface area contributed by atoms with Crippen LogP contribution in [-0.4, -0.2) is 20.7 Å². The maximum atomic E-state index is 10.2. The molecule has 0 N–H and O–H groups in total. The highest BCUT2D eigenvalue weighted by Gasteiger charge is 1.79. The van der Waals surface area contributed by atoms with Gasteiger partial charge in [-0.2, -0.15) is 5.21 Å². The third-order valence-electron chi connectivity index (χ3n) is 1.38. The van der Waals surface area contributed by atoms with Crippen LogP contribution in [0, 0.1) is 0 Å². The van der Waals surface area contributed by atoms with Crippen molar-refractivity contribution in [3.8, 4) is 11.6 Å². The van der Waals surface area contributed by atoms with Gasteiger partial charge in [-0.3, -0.25) is 15.1 Å². The minimum absolute atomic E-state index is 0. The maximum Gasteiger partial charge on any atom is 0.177 e. The van der Waals surface area contributed by atoms with Crippen molar-refractivity contribution in [2.45, 2.75) is 14.9 Å². The molecule has 0 aliphatic carbocycles. The predicted octanol–water partition coefficient (Wildman–Crippen LogP) is -0.437. The van der Waals surface area contributed by atoms with Crippen LogP contribution in [0.1, 0.15) is 14.9 Å². The normalized spacial score (nSPS) is 7.81. The Balaban J connectivity index is 0. The van der Waals surface area contributed by atoms with Crippen LogP contribution in [0.25, 0.3) is 0 Å². The summed E-state index contributed by atoms with van der Waals surface area (Å²) in [6.07, 6.45) is 4.56. The highest BCUT2D eigenvalue weighted by molar-refractivity contribution is 5.09. The van der Waals surface area contributed by atoms with E-state index in [1.165, 1.54) is 24.9 Å². The molecule has 116 valence electrons. The third-order valence-corrected chi connectivity index (χ3v) is 1.38. The smallest absolute Gasteiger partial charge is 0.177 e. The van der Waals surface area contributed by atoms with Crippen molar-refractivity contribution in [1.29, 1.82) is 0 Å². The third kappa shape index (κ3) is 9.41. The lowest BCUT2D eigenvalue weighted by Gasteiger charge is -1.96. The molecule has 0 atom stereocenters. The van der Waals surface area contributed by atoms with Crippen LogP contribution in [0.3, 0.4) is 0 Å². The average molecular weight is 296 g/mol. The van der Waals surface area contributed by atoms with Gasteiger partial charge in [0.25, 0.3) is 0 Å². The minimum Gasteiger partial charge on any atom is -0.868 e. The summed E-state index contributed by atoms with van der Waals surface area (Å²) in [6, 6.07) is 2.34. The number of tetrazole rings is 1. The Kier molecular flexibility index (Phi) is 11.4. The number of rotatable bonds is 0. The van der Waals surface area contributed by atoms with Gasteiger partial charge in [-0.1, -0.05) is 20.0 Å². The number of hydrogen-bond donors (Lipinski definition) is 0. The molecule has 0 amide bonds. The van der Waals surface area contributed by atoms with Crippen molar-refractivity contribution in [2.75, 3.05) is 0 Å². The molecule has 0 fully saturated rings. The SMILES string of the molecule is C.C.O=c1ccocc1[O-].[O-]c1ccon1.c1nnn[n-]1. The molecule has 10 nitrogen and oxygen atoms in total. The molecule has 0 bridgehead atoms. The molecule has 0 saturated carbocycles. The fraction of sp³-hybridized carbons (Fsp3) is 0.182. The lowest BCUT2D eigenvalue weighted by Crippen LogP contribution is -2.05. The van der Waals surface area contributed by atoms with Gasteiger partial charge in [0.1, 0.15) is 6.26 Å². The van der Waals surface area contributed by atoms with Gasteiger partial charge in [0, 0.05) is 11.9 Å². The molecule has 21 heavy (non-hydrogen) atoms. The molecule has 0 spiro atoms. The maximum absolute atomic E-state index is 10.2. The first-order valence-corrected chi connectivity index (χ1v) is 4.62. The lowest BCUT2D eigenvalue weighted by molar-refractivity contribution is -0.277. The molecule has 0 aliphatic heterocycles. The highest BCUT2D eigenvalue weighted by atomic mass is 16.5. The zero-order chi connectivity index (χ0) is 13.9. The van der Waals surface area contributed by atoms with E-state index in [-0.39, 0.29) is 20.7 Å². The summed E-state index contributed by atoms with van der Waals surface area (Å²) >= 11 is 0. The molecule has 0 radical (unpaired) electrons. The van der Waals surface area contributed by atoms with Crippen molar-refractivity contribution in [1.82, 2.24) is 25.8 Å². The van der Waals surface area contributed by atoms with E-state index in [0.29, 0.717) is 0 Å². The number of hydrogen-bond acceptors (Lipinski definition) is 9. The van der Waals surface area contributed by atoms with Crippen molar-refractivity contribution >= 4 is 0 Å². The summed E-state index contributed by atoms with van der Waals surface area (Å²) in [4.78, 5) is 10.2. The van der Waals surface area contributed by atoms with Crippen LogP contribution in [-0.2, 0) is 0 Å².